The molecule has 3 rings (SSSR count). The second kappa shape index (κ2) is 8.02. The number of benzene rings is 1. The maximum absolute atomic E-state index is 12.1. The fourth-order valence-corrected chi connectivity index (χ4v) is 3.72. The summed E-state index contributed by atoms with van der Waals surface area (Å²) in [5.41, 5.74) is 3.98. The molecule has 0 radical (unpaired) electrons. The zero-order chi connectivity index (χ0) is 17.6. The van der Waals surface area contributed by atoms with Crippen LogP contribution in [-0.4, -0.2) is 41.7 Å². The van der Waals surface area contributed by atoms with Crippen LogP contribution in [0.2, 0.25) is 0 Å². The molecule has 9 heteroatoms. The van der Waals surface area contributed by atoms with E-state index in [2.05, 4.69) is 26.1 Å². The highest BCUT2D eigenvalue weighted by atomic mass is 32.2. The van der Waals surface area contributed by atoms with Gasteiger partial charge in [-0.3, -0.25) is 14.4 Å². The normalized spacial score (nSPS) is 21.3. The third kappa shape index (κ3) is 4.50. The van der Waals surface area contributed by atoms with Crippen molar-refractivity contribution in [3.8, 4) is 0 Å². The molecule has 3 amide bonds. The van der Waals surface area contributed by atoms with Crippen LogP contribution in [0, 0.1) is 0 Å². The first-order chi connectivity index (χ1) is 12.2. The van der Waals surface area contributed by atoms with E-state index in [0.717, 1.165) is 30.5 Å². The van der Waals surface area contributed by atoms with Gasteiger partial charge < -0.3 is 15.5 Å². The fourth-order valence-electron chi connectivity index (χ4n) is 2.79. The first kappa shape index (κ1) is 17.3. The fraction of sp³-hybridized carbons (Fsp3) is 0.375. The number of hydrazone groups is 1. The molecule has 0 aliphatic carbocycles. The predicted octanol–water partition coefficient (Wildman–Crippen LogP) is 0.864. The highest BCUT2D eigenvalue weighted by Crippen LogP contribution is 2.24. The lowest BCUT2D eigenvalue weighted by atomic mass is 10.2. The van der Waals surface area contributed by atoms with Gasteiger partial charge in [-0.15, -0.1) is 5.10 Å². The summed E-state index contributed by atoms with van der Waals surface area (Å²) in [6.07, 6.45) is 2.87. The topological polar surface area (TPSA) is 103 Å². The van der Waals surface area contributed by atoms with Gasteiger partial charge in [0, 0.05) is 30.9 Å². The highest BCUT2D eigenvalue weighted by Gasteiger charge is 2.32. The highest BCUT2D eigenvalue weighted by molar-refractivity contribution is 8.15. The molecule has 2 aliphatic heterocycles. The van der Waals surface area contributed by atoms with Crippen molar-refractivity contribution in [3.63, 3.8) is 0 Å². The molecule has 1 aromatic carbocycles. The van der Waals surface area contributed by atoms with Gasteiger partial charge in [-0.1, -0.05) is 11.8 Å². The largest absolute Gasteiger partial charge is 0.372 e. The predicted molar refractivity (Wildman–Crippen MR) is 97.3 cm³/mol. The minimum atomic E-state index is -0.559. The van der Waals surface area contributed by atoms with E-state index in [1.54, 1.807) is 0 Å². The Balaban J connectivity index is 1.52. The Bertz CT molecular complexity index is 686. The van der Waals surface area contributed by atoms with E-state index in [1.807, 2.05) is 24.3 Å². The molecule has 0 saturated carbocycles. The summed E-state index contributed by atoms with van der Waals surface area (Å²) in [5, 5.41) is 8.71. The number of hydrogen-bond donors (Lipinski definition) is 3. The summed E-state index contributed by atoms with van der Waals surface area (Å²) >= 11 is 1.12. The Labute approximate surface area is 149 Å². The van der Waals surface area contributed by atoms with E-state index in [9.17, 15) is 14.4 Å². The van der Waals surface area contributed by atoms with Crippen molar-refractivity contribution in [2.45, 2.75) is 24.5 Å². The smallest absolute Gasteiger partial charge is 0.240 e. The van der Waals surface area contributed by atoms with Crippen LogP contribution in [0.3, 0.4) is 0 Å². The first-order valence-corrected chi connectivity index (χ1v) is 8.93. The number of amides is 3. The molecule has 0 aromatic heterocycles. The van der Waals surface area contributed by atoms with Gasteiger partial charge in [0.25, 0.3) is 0 Å². The number of nitrogens with one attached hydrogen (secondary N) is 3. The third-order valence-electron chi connectivity index (χ3n) is 3.99. The minimum absolute atomic E-state index is 0.0322. The van der Waals surface area contributed by atoms with Gasteiger partial charge in [-0.2, -0.15) is 0 Å². The van der Waals surface area contributed by atoms with Crippen LogP contribution in [0.1, 0.15) is 19.3 Å². The summed E-state index contributed by atoms with van der Waals surface area (Å²) < 4.78 is 0. The van der Waals surface area contributed by atoms with Crippen molar-refractivity contribution in [2.75, 3.05) is 23.3 Å². The summed E-state index contributed by atoms with van der Waals surface area (Å²) in [7, 11) is 0. The van der Waals surface area contributed by atoms with Gasteiger partial charge in [0.2, 0.25) is 18.2 Å². The number of thioether (sulfide) groups is 1. The van der Waals surface area contributed by atoms with Crippen LogP contribution in [0.15, 0.2) is 29.4 Å². The Morgan fingerprint density at radius 3 is 2.72 bits per heavy atom. The van der Waals surface area contributed by atoms with Crippen molar-refractivity contribution >= 4 is 46.5 Å². The van der Waals surface area contributed by atoms with Crippen LogP contribution in [-0.2, 0) is 14.4 Å². The number of rotatable bonds is 6. The molecular weight excluding hydrogens is 342 g/mol. The van der Waals surface area contributed by atoms with E-state index in [-0.39, 0.29) is 23.4 Å². The van der Waals surface area contributed by atoms with Crippen LogP contribution < -0.4 is 21.0 Å². The van der Waals surface area contributed by atoms with Crippen LogP contribution in [0.4, 0.5) is 11.4 Å². The van der Waals surface area contributed by atoms with E-state index in [0.29, 0.717) is 12.1 Å². The monoisotopic (exact) mass is 361 g/mol. The number of carbonyl (C=O) groups is 3. The van der Waals surface area contributed by atoms with Gasteiger partial charge in [0.05, 0.1) is 0 Å². The summed E-state index contributed by atoms with van der Waals surface area (Å²) in [5.74, 6) is -0.540. The Kier molecular flexibility index (Phi) is 5.54. The van der Waals surface area contributed by atoms with Gasteiger partial charge in [-0.25, -0.2) is 5.43 Å². The number of anilines is 2. The zero-order valence-corrected chi connectivity index (χ0v) is 14.3. The summed E-state index contributed by atoms with van der Waals surface area (Å²) in [6, 6.07) is 7.73. The van der Waals surface area contributed by atoms with E-state index < -0.39 is 5.25 Å². The molecular formula is C16H19N5O3S. The molecule has 0 spiro atoms. The van der Waals surface area contributed by atoms with Crippen molar-refractivity contribution in [1.29, 1.82) is 0 Å². The van der Waals surface area contributed by atoms with E-state index in [1.165, 1.54) is 12.8 Å². The summed E-state index contributed by atoms with van der Waals surface area (Å²) in [6.45, 7) is 2.14. The Hall–Kier alpha value is -2.55. The average molecular weight is 361 g/mol. The molecule has 3 N–H and O–H groups in total. The molecule has 2 aliphatic rings. The lowest BCUT2D eigenvalue weighted by molar-refractivity contribution is -0.122. The van der Waals surface area contributed by atoms with Crippen LogP contribution in [0.25, 0.3) is 0 Å². The molecule has 1 aromatic rings. The Morgan fingerprint density at radius 2 is 2.04 bits per heavy atom. The van der Waals surface area contributed by atoms with Crippen molar-refractivity contribution in [3.05, 3.63) is 24.3 Å². The van der Waals surface area contributed by atoms with Crippen molar-refractivity contribution < 1.29 is 14.4 Å². The van der Waals surface area contributed by atoms with Crippen LogP contribution >= 0.6 is 11.8 Å². The molecule has 2 fully saturated rings. The van der Waals surface area contributed by atoms with Gasteiger partial charge in [0.15, 0.2) is 5.17 Å². The molecule has 1 atom stereocenters. The van der Waals surface area contributed by atoms with Crippen molar-refractivity contribution in [1.82, 2.24) is 10.7 Å². The number of hydrogen-bond acceptors (Lipinski definition) is 6. The molecule has 2 saturated heterocycles. The second-order valence-corrected chi connectivity index (χ2v) is 6.94. The standard InChI is InChI=1S/C16H19N5O3S/c22-10-17-20-16-19-15(24)13(25-16)9-14(23)18-11-3-5-12(6-4-11)21-7-1-2-8-21/h3-6,10,13H,1-2,7-9H2,(H,17,22)(H,18,23)(H,19,20,24). The maximum atomic E-state index is 12.1. The summed E-state index contributed by atoms with van der Waals surface area (Å²) in [4.78, 5) is 36.5. The van der Waals surface area contributed by atoms with Gasteiger partial charge in [-0.05, 0) is 37.1 Å². The molecule has 8 nitrogen and oxygen atoms in total. The maximum Gasteiger partial charge on any atom is 0.240 e. The zero-order valence-electron chi connectivity index (χ0n) is 13.5. The lowest BCUT2D eigenvalue weighted by Crippen LogP contribution is -2.28. The van der Waals surface area contributed by atoms with E-state index >= 15 is 0 Å². The minimum Gasteiger partial charge on any atom is -0.372 e. The SMILES string of the molecule is O=CN/N=C1\NC(=O)C(CC(=O)Nc2ccc(N3CCCC3)cc2)S1. The van der Waals surface area contributed by atoms with Crippen LogP contribution in [0.5, 0.6) is 0 Å². The number of nitrogens with zero attached hydrogens (tertiary/aromatic N) is 2. The second-order valence-electron chi connectivity index (χ2n) is 5.75. The number of carbonyl (C=O) groups excluding carboxylic acids is 3. The molecule has 0 bridgehead atoms. The molecule has 1 unspecified atom stereocenters. The van der Waals surface area contributed by atoms with Crippen molar-refractivity contribution in [2.24, 2.45) is 5.10 Å². The van der Waals surface area contributed by atoms with Gasteiger partial charge in [0.1, 0.15) is 5.25 Å². The molecule has 132 valence electrons. The average Bonchev–Trinajstić information content (AvgIpc) is 3.24. The first-order valence-electron chi connectivity index (χ1n) is 8.05. The molecule has 2 heterocycles. The molecule has 25 heavy (non-hydrogen) atoms. The third-order valence-corrected chi connectivity index (χ3v) is 5.07. The van der Waals surface area contributed by atoms with E-state index in [4.69, 9.17) is 0 Å². The van der Waals surface area contributed by atoms with Gasteiger partial charge >= 0.3 is 0 Å². The lowest BCUT2D eigenvalue weighted by Gasteiger charge is -2.17. The number of amidine groups is 1. The quantitative estimate of drug-likeness (QED) is 0.515. The Morgan fingerprint density at radius 1 is 1.32 bits per heavy atom.